The van der Waals surface area contributed by atoms with Crippen LogP contribution in [0.2, 0.25) is 0 Å². The van der Waals surface area contributed by atoms with Crippen LogP contribution < -0.4 is 25.7 Å². The quantitative estimate of drug-likeness (QED) is 0.490. The maximum atomic E-state index is 13.3. The number of ether oxygens (including phenoxy) is 2. The first-order valence-corrected chi connectivity index (χ1v) is 9.62. The van der Waals surface area contributed by atoms with Crippen LogP contribution in [-0.4, -0.2) is 30.9 Å². The highest BCUT2D eigenvalue weighted by atomic mass is 32.1. The number of halogens is 3. The second kappa shape index (κ2) is 9.25. The van der Waals surface area contributed by atoms with Crippen molar-refractivity contribution < 1.29 is 22.6 Å². The third kappa shape index (κ3) is 5.46. The van der Waals surface area contributed by atoms with Crippen molar-refractivity contribution in [1.82, 2.24) is 10.3 Å². The van der Waals surface area contributed by atoms with Crippen LogP contribution in [0, 0.1) is 0 Å². The van der Waals surface area contributed by atoms with Gasteiger partial charge < -0.3 is 25.1 Å². The molecule has 10 heteroatoms. The minimum atomic E-state index is -4.65. The summed E-state index contributed by atoms with van der Waals surface area (Å²) in [7, 11) is 3.12. The first kappa shape index (κ1) is 22.4. The highest BCUT2D eigenvalue weighted by Gasteiger charge is 2.33. The molecule has 0 aliphatic rings. The number of aromatic nitrogens is 1. The Kier molecular flexibility index (Phi) is 6.69. The van der Waals surface area contributed by atoms with Gasteiger partial charge in [-0.15, -0.1) is 0 Å². The fourth-order valence-corrected chi connectivity index (χ4v) is 3.32. The lowest BCUT2D eigenvalue weighted by molar-refractivity contribution is -0.136. The second-order valence-corrected chi connectivity index (χ2v) is 7.03. The zero-order valence-electron chi connectivity index (χ0n) is 16.7. The molecule has 0 saturated carbocycles. The van der Waals surface area contributed by atoms with Gasteiger partial charge in [-0.2, -0.15) is 13.2 Å². The zero-order chi connectivity index (χ0) is 22.6. The lowest BCUT2D eigenvalue weighted by Gasteiger charge is -2.14. The summed E-state index contributed by atoms with van der Waals surface area (Å²) in [4.78, 5) is 13.9. The van der Waals surface area contributed by atoms with Crippen LogP contribution in [0.3, 0.4) is 0 Å². The van der Waals surface area contributed by atoms with Gasteiger partial charge in [-0.3, -0.25) is 4.79 Å². The summed E-state index contributed by atoms with van der Waals surface area (Å²) >= 11 is 5.24. The summed E-state index contributed by atoms with van der Waals surface area (Å²) in [6.45, 7) is 0.496. The van der Waals surface area contributed by atoms with Gasteiger partial charge in [0, 0.05) is 29.2 Å². The van der Waals surface area contributed by atoms with Crippen LogP contribution in [-0.2, 0) is 12.6 Å². The van der Waals surface area contributed by atoms with Crippen molar-refractivity contribution in [3.63, 3.8) is 0 Å². The summed E-state index contributed by atoms with van der Waals surface area (Å²) in [5.41, 5.74) is -0.348. The molecule has 3 aromatic rings. The topological polar surface area (TPSA) is 75.4 Å². The standard InChI is InChI=1S/C21H20F3N3O3S/c1-29-17-6-3-12(9-18(17)30-2)7-8-25-20(31)26-13-4-5-16-14(10-13)15(21(22,23)24)11-19(28)27-16/h3-6,9-11H,7-8H2,1-2H3,(H,27,28)(H2,25,26,31). The minimum absolute atomic E-state index is 0.0951. The maximum Gasteiger partial charge on any atom is 0.417 e. The molecule has 0 radical (unpaired) electrons. The number of rotatable bonds is 6. The van der Waals surface area contributed by atoms with Crippen LogP contribution in [0.5, 0.6) is 11.5 Å². The molecule has 164 valence electrons. The van der Waals surface area contributed by atoms with Crippen LogP contribution in [0.15, 0.2) is 47.3 Å². The van der Waals surface area contributed by atoms with E-state index in [1.165, 1.54) is 12.1 Å². The van der Waals surface area contributed by atoms with E-state index in [0.29, 0.717) is 36.2 Å². The molecule has 1 heterocycles. The van der Waals surface area contributed by atoms with E-state index < -0.39 is 17.3 Å². The fourth-order valence-electron chi connectivity index (χ4n) is 3.10. The number of nitrogens with one attached hydrogen (secondary N) is 3. The fraction of sp³-hybridized carbons (Fsp3) is 0.238. The van der Waals surface area contributed by atoms with Crippen molar-refractivity contribution in [3.05, 3.63) is 63.9 Å². The molecule has 3 rings (SSSR count). The molecule has 0 aliphatic heterocycles. The number of anilines is 1. The minimum Gasteiger partial charge on any atom is -0.493 e. The number of benzene rings is 2. The number of fused-ring (bicyclic) bond motifs is 1. The van der Waals surface area contributed by atoms with Crippen molar-refractivity contribution in [3.8, 4) is 11.5 Å². The Morgan fingerprint density at radius 2 is 1.81 bits per heavy atom. The van der Waals surface area contributed by atoms with Gasteiger partial charge in [0.05, 0.1) is 19.8 Å². The first-order chi connectivity index (χ1) is 14.7. The first-order valence-electron chi connectivity index (χ1n) is 9.21. The molecular formula is C21H20F3N3O3S. The highest BCUT2D eigenvalue weighted by Crippen LogP contribution is 2.34. The molecule has 0 amide bonds. The maximum absolute atomic E-state index is 13.3. The number of hydrogen-bond acceptors (Lipinski definition) is 4. The normalized spacial score (nSPS) is 11.3. The van der Waals surface area contributed by atoms with Crippen LogP contribution >= 0.6 is 12.2 Å². The molecular weight excluding hydrogens is 431 g/mol. The molecule has 2 aromatic carbocycles. The average molecular weight is 451 g/mol. The Labute approximate surface area is 181 Å². The molecule has 0 spiro atoms. The predicted molar refractivity (Wildman–Crippen MR) is 117 cm³/mol. The summed E-state index contributed by atoms with van der Waals surface area (Å²) in [5.74, 6) is 1.25. The van der Waals surface area contributed by atoms with Crippen LogP contribution in [0.25, 0.3) is 10.9 Å². The van der Waals surface area contributed by atoms with Crippen molar-refractivity contribution in [2.24, 2.45) is 0 Å². The number of thiocarbonyl (C=S) groups is 1. The van der Waals surface area contributed by atoms with Gasteiger partial charge in [-0.05, 0) is 54.5 Å². The number of H-pyrrole nitrogens is 1. The summed E-state index contributed by atoms with van der Waals surface area (Å²) in [5, 5.41) is 6.03. The van der Waals surface area contributed by atoms with E-state index in [1.54, 1.807) is 20.3 Å². The summed E-state index contributed by atoms with van der Waals surface area (Å²) in [6, 6.07) is 10.4. The predicted octanol–water partition coefficient (Wildman–Crippen LogP) is 4.09. The van der Waals surface area contributed by atoms with Crippen molar-refractivity contribution in [2.45, 2.75) is 12.6 Å². The molecule has 31 heavy (non-hydrogen) atoms. The van der Waals surface area contributed by atoms with Gasteiger partial charge >= 0.3 is 6.18 Å². The number of alkyl halides is 3. The molecule has 1 aromatic heterocycles. The Bertz CT molecular complexity index is 1160. The Hall–Kier alpha value is -3.27. The number of aromatic amines is 1. The van der Waals surface area contributed by atoms with Gasteiger partial charge in [0.1, 0.15) is 0 Å². The molecule has 0 aliphatic carbocycles. The molecule has 0 unspecified atom stereocenters. The molecule has 0 bridgehead atoms. The van der Waals surface area contributed by atoms with E-state index in [9.17, 15) is 18.0 Å². The van der Waals surface area contributed by atoms with E-state index in [0.717, 1.165) is 5.56 Å². The highest BCUT2D eigenvalue weighted by molar-refractivity contribution is 7.80. The SMILES string of the molecule is COc1ccc(CCNC(=S)Nc2ccc3[nH]c(=O)cc(C(F)(F)F)c3c2)cc1OC. The van der Waals surface area contributed by atoms with Crippen LogP contribution in [0.1, 0.15) is 11.1 Å². The smallest absolute Gasteiger partial charge is 0.417 e. The van der Waals surface area contributed by atoms with Gasteiger partial charge in [-0.1, -0.05) is 6.07 Å². The van der Waals surface area contributed by atoms with Crippen molar-refractivity contribution >= 4 is 33.9 Å². The van der Waals surface area contributed by atoms with E-state index >= 15 is 0 Å². The molecule has 3 N–H and O–H groups in total. The molecule has 0 atom stereocenters. The molecule has 0 fully saturated rings. The summed E-state index contributed by atoms with van der Waals surface area (Å²) < 4.78 is 50.4. The zero-order valence-corrected chi connectivity index (χ0v) is 17.5. The van der Waals surface area contributed by atoms with Crippen molar-refractivity contribution in [2.75, 3.05) is 26.1 Å². The van der Waals surface area contributed by atoms with E-state index in [2.05, 4.69) is 15.6 Å². The van der Waals surface area contributed by atoms with E-state index in [1.807, 2.05) is 18.2 Å². The Morgan fingerprint density at radius 3 is 2.48 bits per heavy atom. The third-order valence-electron chi connectivity index (χ3n) is 4.55. The van der Waals surface area contributed by atoms with Gasteiger partial charge in [0.25, 0.3) is 0 Å². The third-order valence-corrected chi connectivity index (χ3v) is 4.80. The number of hydrogen-bond donors (Lipinski definition) is 3. The Morgan fingerprint density at radius 1 is 1.06 bits per heavy atom. The van der Waals surface area contributed by atoms with Gasteiger partial charge in [0.15, 0.2) is 16.6 Å². The molecule has 0 saturated heterocycles. The number of pyridine rings is 1. The van der Waals surface area contributed by atoms with Crippen molar-refractivity contribution in [1.29, 1.82) is 0 Å². The average Bonchev–Trinajstić information content (AvgIpc) is 2.72. The number of methoxy groups -OCH3 is 2. The van der Waals surface area contributed by atoms with Gasteiger partial charge in [-0.25, -0.2) is 0 Å². The second-order valence-electron chi connectivity index (χ2n) is 6.63. The lowest BCUT2D eigenvalue weighted by Crippen LogP contribution is -2.30. The van der Waals surface area contributed by atoms with E-state index in [-0.39, 0.29) is 16.0 Å². The molecule has 6 nitrogen and oxygen atoms in total. The summed E-state index contributed by atoms with van der Waals surface area (Å²) in [6.07, 6.45) is -4.01. The Balaban J connectivity index is 1.67. The van der Waals surface area contributed by atoms with E-state index in [4.69, 9.17) is 21.7 Å². The van der Waals surface area contributed by atoms with Gasteiger partial charge in [0.2, 0.25) is 5.56 Å². The lowest BCUT2D eigenvalue weighted by atomic mass is 10.1. The monoisotopic (exact) mass is 451 g/mol. The largest absolute Gasteiger partial charge is 0.493 e. The van der Waals surface area contributed by atoms with Crippen LogP contribution in [0.4, 0.5) is 18.9 Å².